The first kappa shape index (κ1) is 14.1. The van der Waals surface area contributed by atoms with Crippen molar-refractivity contribution in [2.45, 2.75) is 26.1 Å². The van der Waals surface area contributed by atoms with E-state index < -0.39 is 30.1 Å². The number of rotatable bonds is 5. The fraction of sp³-hybridized carbons (Fsp3) is 0.556. The maximum Gasteiger partial charge on any atom is 0.351 e. The van der Waals surface area contributed by atoms with E-state index in [4.69, 9.17) is 0 Å². The molecule has 0 aliphatic heterocycles. The van der Waals surface area contributed by atoms with Crippen LogP contribution in [0.2, 0.25) is 0 Å². The zero-order chi connectivity index (χ0) is 12.7. The molecule has 16 heavy (non-hydrogen) atoms. The van der Waals surface area contributed by atoms with Gasteiger partial charge in [0.25, 0.3) is 0 Å². The molecule has 0 saturated heterocycles. The quantitative estimate of drug-likeness (QED) is 0.348. The first-order valence-corrected chi connectivity index (χ1v) is 4.30. The van der Waals surface area contributed by atoms with Crippen molar-refractivity contribution in [1.29, 1.82) is 0 Å². The van der Waals surface area contributed by atoms with E-state index in [9.17, 15) is 19.2 Å². The Balaban J connectivity index is 4.81. The zero-order valence-corrected chi connectivity index (χ0v) is 9.09. The van der Waals surface area contributed by atoms with Crippen molar-refractivity contribution in [3.05, 3.63) is 0 Å². The molecule has 0 aliphatic rings. The van der Waals surface area contributed by atoms with E-state index in [0.29, 0.717) is 0 Å². The van der Waals surface area contributed by atoms with Crippen molar-refractivity contribution < 1.29 is 33.4 Å². The summed E-state index contributed by atoms with van der Waals surface area (Å²) in [5.74, 6) is -2.55. The van der Waals surface area contributed by atoms with Gasteiger partial charge in [-0.2, -0.15) is 0 Å². The maximum absolute atomic E-state index is 11.2. The standard InChI is InChI=1S/C9H12O7/c1-5(11)15-7(4-10)8(9(13)14-3)16-6(2)12/h4,7-8H,1-3H3/t7-,8+/m0/s1. The second kappa shape index (κ2) is 6.54. The topological polar surface area (TPSA) is 96.0 Å². The van der Waals surface area contributed by atoms with Crippen LogP contribution in [-0.2, 0) is 33.4 Å². The molecule has 0 aromatic carbocycles. The number of methoxy groups -OCH3 is 1. The molecule has 0 N–H and O–H groups in total. The SMILES string of the molecule is COC(=O)[C@H](OC(C)=O)[C@H](C=O)OC(C)=O. The minimum Gasteiger partial charge on any atom is -0.466 e. The largest absolute Gasteiger partial charge is 0.466 e. The third kappa shape index (κ3) is 4.54. The third-order valence-electron chi connectivity index (χ3n) is 1.46. The summed E-state index contributed by atoms with van der Waals surface area (Å²) in [7, 11) is 1.05. The number of esters is 3. The molecule has 0 fully saturated rings. The lowest BCUT2D eigenvalue weighted by molar-refractivity contribution is -0.179. The zero-order valence-electron chi connectivity index (χ0n) is 9.09. The molecule has 0 aromatic rings. The highest BCUT2D eigenvalue weighted by Gasteiger charge is 2.34. The van der Waals surface area contributed by atoms with Crippen LogP contribution in [0.5, 0.6) is 0 Å². The predicted molar refractivity (Wildman–Crippen MR) is 49.2 cm³/mol. The van der Waals surface area contributed by atoms with E-state index in [1.807, 2.05) is 0 Å². The number of carbonyl (C=O) groups excluding carboxylic acids is 4. The highest BCUT2D eigenvalue weighted by molar-refractivity contribution is 5.84. The van der Waals surface area contributed by atoms with E-state index in [1.54, 1.807) is 0 Å². The van der Waals surface area contributed by atoms with Crippen LogP contribution >= 0.6 is 0 Å². The summed E-state index contributed by atoms with van der Waals surface area (Å²) in [4.78, 5) is 43.1. The Morgan fingerprint density at radius 3 is 1.88 bits per heavy atom. The lowest BCUT2D eigenvalue weighted by Crippen LogP contribution is -2.42. The molecule has 0 aliphatic carbocycles. The molecule has 0 unspecified atom stereocenters. The number of hydrogen-bond acceptors (Lipinski definition) is 7. The van der Waals surface area contributed by atoms with Crippen LogP contribution in [0.25, 0.3) is 0 Å². The Hall–Kier alpha value is -1.92. The Kier molecular flexibility index (Phi) is 5.76. The van der Waals surface area contributed by atoms with Gasteiger partial charge in [-0.3, -0.25) is 14.4 Å². The summed E-state index contributed by atoms with van der Waals surface area (Å²) >= 11 is 0. The van der Waals surface area contributed by atoms with Gasteiger partial charge in [-0.25, -0.2) is 4.79 Å². The average molecular weight is 232 g/mol. The highest BCUT2D eigenvalue weighted by atomic mass is 16.6. The van der Waals surface area contributed by atoms with E-state index in [0.717, 1.165) is 21.0 Å². The summed E-state index contributed by atoms with van der Waals surface area (Å²) in [6.45, 7) is 2.10. The van der Waals surface area contributed by atoms with Gasteiger partial charge in [0.1, 0.15) is 0 Å². The van der Waals surface area contributed by atoms with Crippen molar-refractivity contribution >= 4 is 24.2 Å². The lowest BCUT2D eigenvalue weighted by Gasteiger charge is -2.19. The number of carbonyl (C=O) groups is 4. The van der Waals surface area contributed by atoms with Crippen LogP contribution in [-0.4, -0.2) is 43.5 Å². The van der Waals surface area contributed by atoms with Crippen LogP contribution in [0, 0.1) is 0 Å². The van der Waals surface area contributed by atoms with Gasteiger partial charge in [-0.15, -0.1) is 0 Å². The van der Waals surface area contributed by atoms with Crippen molar-refractivity contribution in [2.75, 3.05) is 7.11 Å². The van der Waals surface area contributed by atoms with E-state index in [2.05, 4.69) is 14.2 Å². The van der Waals surface area contributed by atoms with Crippen molar-refractivity contribution in [2.24, 2.45) is 0 Å². The summed E-state index contributed by atoms with van der Waals surface area (Å²) in [6.07, 6.45) is -2.90. The molecular weight excluding hydrogens is 220 g/mol. The minimum atomic E-state index is -1.58. The molecule has 0 rings (SSSR count). The van der Waals surface area contributed by atoms with Gasteiger partial charge in [0, 0.05) is 13.8 Å². The molecule has 0 radical (unpaired) electrons. The Morgan fingerprint density at radius 2 is 1.56 bits per heavy atom. The molecular formula is C9H12O7. The van der Waals surface area contributed by atoms with E-state index in [1.165, 1.54) is 0 Å². The molecule has 0 amide bonds. The molecule has 7 nitrogen and oxygen atoms in total. The molecule has 7 heteroatoms. The second-order valence-corrected chi connectivity index (χ2v) is 2.76. The monoisotopic (exact) mass is 232 g/mol. The van der Waals surface area contributed by atoms with Crippen molar-refractivity contribution in [1.82, 2.24) is 0 Å². The number of aldehydes is 1. The first-order valence-electron chi connectivity index (χ1n) is 4.30. The van der Waals surface area contributed by atoms with Crippen LogP contribution in [0.15, 0.2) is 0 Å². The van der Waals surface area contributed by atoms with Crippen LogP contribution in [0.1, 0.15) is 13.8 Å². The molecule has 90 valence electrons. The molecule has 0 spiro atoms. The van der Waals surface area contributed by atoms with E-state index in [-0.39, 0.29) is 6.29 Å². The summed E-state index contributed by atoms with van der Waals surface area (Å²) in [5, 5.41) is 0. The Morgan fingerprint density at radius 1 is 1.06 bits per heavy atom. The second-order valence-electron chi connectivity index (χ2n) is 2.76. The number of ether oxygens (including phenoxy) is 3. The average Bonchev–Trinajstić information content (AvgIpc) is 2.21. The Bertz CT molecular complexity index is 296. The normalized spacial score (nSPS) is 13.2. The Labute approximate surface area is 91.6 Å². The van der Waals surface area contributed by atoms with Gasteiger partial charge in [0.15, 0.2) is 6.29 Å². The van der Waals surface area contributed by atoms with Gasteiger partial charge in [0.2, 0.25) is 12.2 Å². The summed E-state index contributed by atoms with van der Waals surface area (Å²) < 4.78 is 13.3. The van der Waals surface area contributed by atoms with Gasteiger partial charge in [-0.05, 0) is 0 Å². The minimum absolute atomic E-state index is 0.186. The molecule has 0 heterocycles. The van der Waals surface area contributed by atoms with Crippen LogP contribution in [0.3, 0.4) is 0 Å². The summed E-state index contributed by atoms with van der Waals surface area (Å²) in [5.41, 5.74) is 0. The van der Waals surface area contributed by atoms with Gasteiger partial charge >= 0.3 is 17.9 Å². The van der Waals surface area contributed by atoms with Crippen LogP contribution < -0.4 is 0 Å². The van der Waals surface area contributed by atoms with Crippen molar-refractivity contribution in [3.63, 3.8) is 0 Å². The fourth-order valence-electron chi connectivity index (χ4n) is 0.897. The van der Waals surface area contributed by atoms with Crippen LogP contribution in [0.4, 0.5) is 0 Å². The number of hydrogen-bond donors (Lipinski definition) is 0. The molecule has 2 atom stereocenters. The molecule has 0 saturated carbocycles. The van der Waals surface area contributed by atoms with Crippen molar-refractivity contribution in [3.8, 4) is 0 Å². The maximum atomic E-state index is 11.2. The van der Waals surface area contributed by atoms with Gasteiger partial charge in [-0.1, -0.05) is 0 Å². The third-order valence-corrected chi connectivity index (χ3v) is 1.46. The fourth-order valence-corrected chi connectivity index (χ4v) is 0.897. The molecule has 0 aromatic heterocycles. The molecule has 0 bridgehead atoms. The van der Waals surface area contributed by atoms with E-state index >= 15 is 0 Å². The summed E-state index contributed by atoms with van der Waals surface area (Å²) in [6, 6.07) is 0. The van der Waals surface area contributed by atoms with Gasteiger partial charge < -0.3 is 14.2 Å². The highest BCUT2D eigenvalue weighted by Crippen LogP contribution is 2.06. The first-order chi connectivity index (χ1) is 7.42. The van der Waals surface area contributed by atoms with Gasteiger partial charge in [0.05, 0.1) is 7.11 Å². The smallest absolute Gasteiger partial charge is 0.351 e. The predicted octanol–water partition coefficient (Wildman–Crippen LogP) is -0.778. The lowest BCUT2D eigenvalue weighted by atomic mass is 10.2.